The molecular weight excluding hydrogens is 280 g/mol. The molecule has 17 heavy (non-hydrogen) atoms. The van der Waals surface area contributed by atoms with Crippen molar-refractivity contribution in [2.75, 3.05) is 20.2 Å². The Morgan fingerprint density at radius 2 is 2.35 bits per heavy atom. The van der Waals surface area contributed by atoms with Crippen molar-refractivity contribution >= 4 is 15.9 Å². The molecule has 0 fully saturated rings. The second kappa shape index (κ2) is 7.33. The fourth-order valence-corrected chi connectivity index (χ4v) is 2.11. The summed E-state index contributed by atoms with van der Waals surface area (Å²) in [6.45, 7) is 1.30. The molecule has 1 aromatic carbocycles. The lowest BCUT2D eigenvalue weighted by molar-refractivity contribution is 0.411. The molecule has 4 heteroatoms. The molecule has 0 amide bonds. The van der Waals surface area contributed by atoms with Gasteiger partial charge in [-0.15, -0.1) is 12.3 Å². The summed E-state index contributed by atoms with van der Waals surface area (Å²) in [7, 11) is 1.64. The van der Waals surface area contributed by atoms with Gasteiger partial charge in [0.2, 0.25) is 0 Å². The van der Waals surface area contributed by atoms with E-state index in [2.05, 4.69) is 27.2 Å². The summed E-state index contributed by atoms with van der Waals surface area (Å²) in [4.78, 5) is 0. The Morgan fingerprint density at radius 1 is 1.59 bits per heavy atom. The van der Waals surface area contributed by atoms with E-state index in [9.17, 15) is 0 Å². The van der Waals surface area contributed by atoms with E-state index in [1.807, 2.05) is 18.2 Å². The number of rotatable bonds is 6. The molecule has 0 heterocycles. The molecule has 1 atom stereocenters. The van der Waals surface area contributed by atoms with Crippen LogP contribution in [0.25, 0.3) is 0 Å². The monoisotopic (exact) mass is 296 g/mol. The zero-order valence-corrected chi connectivity index (χ0v) is 11.5. The van der Waals surface area contributed by atoms with Crippen LogP contribution in [-0.4, -0.2) is 20.2 Å². The van der Waals surface area contributed by atoms with E-state index in [-0.39, 0.29) is 6.04 Å². The van der Waals surface area contributed by atoms with Crippen molar-refractivity contribution in [1.29, 1.82) is 0 Å². The highest BCUT2D eigenvalue weighted by Crippen LogP contribution is 2.27. The summed E-state index contributed by atoms with van der Waals surface area (Å²) in [5.41, 5.74) is 6.87. The van der Waals surface area contributed by atoms with Gasteiger partial charge >= 0.3 is 0 Å². The molecule has 0 saturated carbocycles. The van der Waals surface area contributed by atoms with Crippen LogP contribution in [0.1, 0.15) is 18.0 Å². The maximum Gasteiger partial charge on any atom is 0.133 e. The third-order valence-electron chi connectivity index (χ3n) is 2.47. The predicted octanol–water partition coefficient (Wildman–Crippen LogP) is 2.07. The van der Waals surface area contributed by atoms with Gasteiger partial charge in [-0.05, 0) is 33.6 Å². The Morgan fingerprint density at radius 3 is 2.88 bits per heavy atom. The van der Waals surface area contributed by atoms with Gasteiger partial charge in [-0.2, -0.15) is 0 Å². The zero-order chi connectivity index (χ0) is 12.7. The van der Waals surface area contributed by atoms with Crippen LogP contribution >= 0.6 is 15.9 Å². The average Bonchev–Trinajstić information content (AvgIpc) is 2.35. The SMILES string of the molecule is C#CCCNC(CN)c1ccc(OC)c(Br)c1. The van der Waals surface area contributed by atoms with E-state index >= 15 is 0 Å². The van der Waals surface area contributed by atoms with E-state index in [1.165, 1.54) is 0 Å². The summed E-state index contributed by atoms with van der Waals surface area (Å²) >= 11 is 3.46. The van der Waals surface area contributed by atoms with Crippen LogP contribution in [0.4, 0.5) is 0 Å². The van der Waals surface area contributed by atoms with Gasteiger partial charge in [0.05, 0.1) is 11.6 Å². The number of hydrogen-bond donors (Lipinski definition) is 2. The summed E-state index contributed by atoms with van der Waals surface area (Å²) in [5.74, 6) is 3.41. The molecule has 1 unspecified atom stereocenters. The zero-order valence-electron chi connectivity index (χ0n) is 9.87. The normalized spacial score (nSPS) is 11.9. The first-order valence-electron chi connectivity index (χ1n) is 5.43. The summed E-state index contributed by atoms with van der Waals surface area (Å²) in [6.07, 6.45) is 5.91. The van der Waals surface area contributed by atoms with E-state index in [0.717, 1.165) is 22.3 Å². The highest BCUT2D eigenvalue weighted by atomic mass is 79.9. The van der Waals surface area contributed by atoms with Gasteiger partial charge in [0.1, 0.15) is 5.75 Å². The molecule has 3 N–H and O–H groups in total. The first kappa shape index (κ1) is 14.0. The number of ether oxygens (including phenoxy) is 1. The Hall–Kier alpha value is -1.02. The average molecular weight is 297 g/mol. The molecule has 0 spiro atoms. The van der Waals surface area contributed by atoms with E-state index in [1.54, 1.807) is 7.11 Å². The molecule has 1 rings (SSSR count). The summed E-state index contributed by atoms with van der Waals surface area (Å²) in [6, 6.07) is 6.05. The van der Waals surface area contributed by atoms with Crippen molar-refractivity contribution in [3.63, 3.8) is 0 Å². The molecule has 0 bridgehead atoms. The van der Waals surface area contributed by atoms with Gasteiger partial charge in [0, 0.05) is 25.6 Å². The minimum atomic E-state index is 0.116. The first-order valence-corrected chi connectivity index (χ1v) is 6.22. The lowest BCUT2D eigenvalue weighted by Crippen LogP contribution is -2.28. The van der Waals surface area contributed by atoms with E-state index < -0.39 is 0 Å². The number of halogens is 1. The second-order valence-electron chi connectivity index (χ2n) is 3.59. The minimum Gasteiger partial charge on any atom is -0.496 e. The largest absolute Gasteiger partial charge is 0.496 e. The maximum absolute atomic E-state index is 5.75. The molecule has 0 aliphatic carbocycles. The third-order valence-corrected chi connectivity index (χ3v) is 3.09. The highest BCUT2D eigenvalue weighted by Gasteiger charge is 2.10. The Kier molecular flexibility index (Phi) is 6.06. The van der Waals surface area contributed by atoms with Crippen LogP contribution in [0.2, 0.25) is 0 Å². The molecular formula is C13H17BrN2O. The van der Waals surface area contributed by atoms with Gasteiger partial charge in [-0.25, -0.2) is 0 Å². The Bertz CT molecular complexity index is 401. The number of benzene rings is 1. The van der Waals surface area contributed by atoms with Gasteiger partial charge in [-0.3, -0.25) is 0 Å². The van der Waals surface area contributed by atoms with Gasteiger partial charge in [0.15, 0.2) is 0 Å². The fourth-order valence-electron chi connectivity index (χ4n) is 1.56. The predicted molar refractivity (Wildman–Crippen MR) is 73.9 cm³/mol. The van der Waals surface area contributed by atoms with E-state index in [4.69, 9.17) is 16.9 Å². The first-order chi connectivity index (χ1) is 8.22. The van der Waals surface area contributed by atoms with Crippen LogP contribution in [0, 0.1) is 12.3 Å². The maximum atomic E-state index is 5.75. The van der Waals surface area contributed by atoms with Crippen molar-refractivity contribution in [2.24, 2.45) is 5.73 Å². The van der Waals surface area contributed by atoms with E-state index in [0.29, 0.717) is 13.0 Å². The van der Waals surface area contributed by atoms with Crippen molar-refractivity contribution < 1.29 is 4.74 Å². The standard InChI is InChI=1S/C13H17BrN2O/c1-3-4-7-16-12(9-15)10-5-6-13(17-2)11(14)8-10/h1,5-6,8,12,16H,4,7,9,15H2,2H3. The second-order valence-corrected chi connectivity index (χ2v) is 4.44. The Labute approximate surface area is 111 Å². The fraction of sp³-hybridized carbons (Fsp3) is 0.385. The summed E-state index contributed by atoms with van der Waals surface area (Å²) < 4.78 is 6.11. The lowest BCUT2D eigenvalue weighted by Gasteiger charge is -2.17. The van der Waals surface area contributed by atoms with Gasteiger partial charge in [-0.1, -0.05) is 6.07 Å². The van der Waals surface area contributed by atoms with Crippen molar-refractivity contribution in [1.82, 2.24) is 5.32 Å². The van der Waals surface area contributed by atoms with Gasteiger partial charge in [0.25, 0.3) is 0 Å². The Balaban J connectivity index is 2.75. The quantitative estimate of drug-likeness (QED) is 0.624. The minimum absolute atomic E-state index is 0.116. The van der Waals surface area contributed by atoms with Crippen LogP contribution < -0.4 is 15.8 Å². The third kappa shape index (κ3) is 4.04. The van der Waals surface area contributed by atoms with Crippen molar-refractivity contribution in [3.05, 3.63) is 28.2 Å². The lowest BCUT2D eigenvalue weighted by atomic mass is 10.1. The number of hydrogen-bond acceptors (Lipinski definition) is 3. The topological polar surface area (TPSA) is 47.3 Å². The molecule has 0 aromatic heterocycles. The molecule has 0 aliphatic rings. The number of methoxy groups -OCH3 is 1. The smallest absolute Gasteiger partial charge is 0.133 e. The molecule has 0 saturated heterocycles. The van der Waals surface area contributed by atoms with Crippen molar-refractivity contribution in [2.45, 2.75) is 12.5 Å². The number of nitrogens with one attached hydrogen (secondary N) is 1. The molecule has 0 aliphatic heterocycles. The number of nitrogens with two attached hydrogens (primary N) is 1. The number of terminal acetylenes is 1. The van der Waals surface area contributed by atoms with Gasteiger partial charge < -0.3 is 15.8 Å². The summed E-state index contributed by atoms with van der Waals surface area (Å²) in [5, 5.41) is 3.32. The van der Waals surface area contributed by atoms with Crippen LogP contribution in [-0.2, 0) is 0 Å². The molecule has 0 radical (unpaired) electrons. The van der Waals surface area contributed by atoms with Crippen molar-refractivity contribution in [3.8, 4) is 18.1 Å². The van der Waals surface area contributed by atoms with Crippen LogP contribution in [0.3, 0.4) is 0 Å². The molecule has 1 aromatic rings. The molecule has 3 nitrogen and oxygen atoms in total. The van der Waals surface area contributed by atoms with Crippen LogP contribution in [0.15, 0.2) is 22.7 Å². The molecule has 92 valence electrons. The van der Waals surface area contributed by atoms with Crippen LogP contribution in [0.5, 0.6) is 5.75 Å². The highest BCUT2D eigenvalue weighted by molar-refractivity contribution is 9.10.